The third-order valence-electron chi connectivity index (χ3n) is 6.10. The van der Waals surface area contributed by atoms with E-state index in [9.17, 15) is 26.4 Å². The van der Waals surface area contributed by atoms with Crippen LogP contribution in [0.4, 0.5) is 18.9 Å². The van der Waals surface area contributed by atoms with Crippen LogP contribution in [0.15, 0.2) is 82.9 Å². The summed E-state index contributed by atoms with van der Waals surface area (Å²) in [7, 11) is -1.05. The Labute approximate surface area is 219 Å². The molecule has 0 aliphatic rings. The molecule has 0 amide bonds. The number of aromatic nitrogens is 5. The van der Waals surface area contributed by atoms with Crippen LogP contribution in [0, 0.1) is 0 Å². The number of halogens is 3. The van der Waals surface area contributed by atoms with E-state index >= 15 is 0 Å². The molecule has 0 fully saturated rings. The Bertz CT molecular complexity index is 1820. The minimum Gasteiger partial charge on any atom is -0.497 e. The number of nitrogens with one attached hydrogen (secondary N) is 1. The Kier molecular flexibility index (Phi) is 6.42. The SMILES string of the molecule is COc1ccc(Cn2c3cccc(NS(=O)(=O)c4ccc(-n5cc(C(F)(F)F)cn5)nc4)c3c(=O)n2C)cc1. The van der Waals surface area contributed by atoms with E-state index in [1.807, 2.05) is 12.1 Å². The smallest absolute Gasteiger partial charge is 0.419 e. The summed E-state index contributed by atoms with van der Waals surface area (Å²) in [5, 5.41) is 3.81. The number of ether oxygens (including phenoxy) is 1. The molecule has 39 heavy (non-hydrogen) atoms. The molecule has 3 heterocycles. The molecule has 10 nitrogen and oxygen atoms in total. The number of benzene rings is 2. The van der Waals surface area contributed by atoms with Crippen LogP contribution in [-0.4, -0.2) is 39.7 Å². The van der Waals surface area contributed by atoms with Crippen molar-refractivity contribution < 1.29 is 26.3 Å². The summed E-state index contributed by atoms with van der Waals surface area (Å²) in [4.78, 5) is 16.8. The van der Waals surface area contributed by atoms with E-state index in [0.717, 1.165) is 22.6 Å². The highest BCUT2D eigenvalue weighted by atomic mass is 32.2. The lowest BCUT2D eigenvalue weighted by atomic mass is 10.2. The zero-order valence-corrected chi connectivity index (χ0v) is 21.4. The maximum Gasteiger partial charge on any atom is 0.419 e. The van der Waals surface area contributed by atoms with Gasteiger partial charge in [0.15, 0.2) is 5.82 Å². The highest BCUT2D eigenvalue weighted by molar-refractivity contribution is 7.92. The normalized spacial score (nSPS) is 12.1. The standard InChI is InChI=1S/C25H21F3N6O4S/c1-32-24(35)23-20(4-3-5-21(23)34(32)14-16-6-8-18(38-2)9-7-16)31-39(36,37)19-10-11-22(29-13-19)33-15-17(12-30-33)25(26,27)28/h3-13,15,31H,14H2,1-2H3. The van der Waals surface area contributed by atoms with Gasteiger partial charge in [-0.05, 0) is 42.0 Å². The maximum absolute atomic E-state index is 13.1. The van der Waals surface area contributed by atoms with Crippen LogP contribution in [0.1, 0.15) is 11.1 Å². The molecule has 0 bridgehead atoms. The molecule has 0 saturated carbocycles. The van der Waals surface area contributed by atoms with Crippen LogP contribution in [0.25, 0.3) is 16.7 Å². The van der Waals surface area contributed by atoms with Gasteiger partial charge in [0.1, 0.15) is 10.6 Å². The molecule has 202 valence electrons. The molecule has 0 saturated heterocycles. The van der Waals surface area contributed by atoms with Gasteiger partial charge in [-0.25, -0.2) is 18.1 Å². The Hall–Kier alpha value is -4.59. The van der Waals surface area contributed by atoms with E-state index in [2.05, 4.69) is 14.8 Å². The second kappa shape index (κ2) is 9.62. The van der Waals surface area contributed by atoms with Gasteiger partial charge >= 0.3 is 6.18 Å². The van der Waals surface area contributed by atoms with Crippen molar-refractivity contribution in [3.05, 3.63) is 94.7 Å². The van der Waals surface area contributed by atoms with Crippen molar-refractivity contribution >= 4 is 26.6 Å². The molecule has 0 aliphatic heterocycles. The van der Waals surface area contributed by atoms with Gasteiger partial charge in [-0.1, -0.05) is 18.2 Å². The number of hydrogen-bond acceptors (Lipinski definition) is 6. The van der Waals surface area contributed by atoms with E-state index in [1.54, 1.807) is 43.1 Å². The zero-order chi connectivity index (χ0) is 27.9. The summed E-state index contributed by atoms with van der Waals surface area (Å²) in [6.07, 6.45) is -2.17. The van der Waals surface area contributed by atoms with Crippen molar-refractivity contribution in [1.29, 1.82) is 0 Å². The lowest BCUT2D eigenvalue weighted by Crippen LogP contribution is -2.20. The average molecular weight is 559 g/mol. The molecule has 5 aromatic rings. The summed E-state index contributed by atoms with van der Waals surface area (Å²) in [5.74, 6) is 0.691. The lowest BCUT2D eigenvalue weighted by Gasteiger charge is -2.11. The molecule has 2 aromatic carbocycles. The van der Waals surface area contributed by atoms with Crippen LogP contribution in [-0.2, 0) is 29.8 Å². The fraction of sp³-hybridized carbons (Fsp3) is 0.160. The molecule has 5 rings (SSSR count). The summed E-state index contributed by atoms with van der Waals surface area (Å²) < 4.78 is 76.5. The van der Waals surface area contributed by atoms with Crippen LogP contribution >= 0.6 is 0 Å². The minimum absolute atomic E-state index is 0.00368. The van der Waals surface area contributed by atoms with Crippen molar-refractivity contribution in [3.63, 3.8) is 0 Å². The van der Waals surface area contributed by atoms with E-state index in [-0.39, 0.29) is 21.8 Å². The summed E-state index contributed by atoms with van der Waals surface area (Å²) in [5.41, 5.74) is 0.138. The number of sulfonamides is 1. The van der Waals surface area contributed by atoms with E-state index in [1.165, 1.54) is 22.9 Å². The molecule has 14 heteroatoms. The fourth-order valence-corrected chi connectivity index (χ4v) is 5.07. The predicted molar refractivity (Wildman–Crippen MR) is 136 cm³/mol. The predicted octanol–water partition coefficient (Wildman–Crippen LogP) is 3.80. The Morgan fingerprint density at radius 3 is 2.38 bits per heavy atom. The maximum atomic E-state index is 13.1. The van der Waals surface area contributed by atoms with Crippen LogP contribution in [0.2, 0.25) is 0 Å². The lowest BCUT2D eigenvalue weighted by molar-refractivity contribution is -0.137. The number of anilines is 1. The second-order valence-electron chi connectivity index (χ2n) is 8.56. The number of hydrogen-bond donors (Lipinski definition) is 1. The molecule has 0 radical (unpaired) electrons. The monoisotopic (exact) mass is 558 g/mol. The van der Waals surface area contributed by atoms with Gasteiger partial charge in [-0.2, -0.15) is 18.3 Å². The van der Waals surface area contributed by atoms with Crippen LogP contribution in [0.3, 0.4) is 0 Å². The topological polar surface area (TPSA) is 113 Å². The first-order valence-electron chi connectivity index (χ1n) is 11.4. The van der Waals surface area contributed by atoms with E-state index < -0.39 is 27.3 Å². The highest BCUT2D eigenvalue weighted by Gasteiger charge is 2.32. The van der Waals surface area contributed by atoms with Crippen molar-refractivity contribution in [2.45, 2.75) is 17.6 Å². The quantitative estimate of drug-likeness (QED) is 0.325. The minimum atomic E-state index is -4.57. The van der Waals surface area contributed by atoms with Gasteiger partial charge in [-0.15, -0.1) is 0 Å². The van der Waals surface area contributed by atoms with Crippen molar-refractivity contribution in [1.82, 2.24) is 24.1 Å². The third-order valence-corrected chi connectivity index (χ3v) is 7.45. The number of alkyl halides is 3. The molecule has 0 unspecified atom stereocenters. The van der Waals surface area contributed by atoms with Crippen molar-refractivity contribution in [2.75, 3.05) is 11.8 Å². The molecule has 0 spiro atoms. The summed E-state index contributed by atoms with van der Waals surface area (Å²) in [6, 6.07) is 14.6. The molecule has 0 atom stereocenters. The Balaban J connectivity index is 1.44. The van der Waals surface area contributed by atoms with Gasteiger partial charge in [0.05, 0.1) is 42.0 Å². The van der Waals surface area contributed by atoms with Gasteiger partial charge in [0, 0.05) is 19.4 Å². The van der Waals surface area contributed by atoms with Gasteiger partial charge < -0.3 is 4.74 Å². The third kappa shape index (κ3) is 4.97. The second-order valence-corrected chi connectivity index (χ2v) is 10.2. The van der Waals surface area contributed by atoms with Crippen molar-refractivity contribution in [2.24, 2.45) is 7.05 Å². The zero-order valence-electron chi connectivity index (χ0n) is 20.5. The summed E-state index contributed by atoms with van der Waals surface area (Å²) in [6.45, 7) is 0.351. The van der Waals surface area contributed by atoms with Crippen LogP contribution < -0.4 is 15.0 Å². The first-order chi connectivity index (χ1) is 18.5. The van der Waals surface area contributed by atoms with E-state index in [4.69, 9.17) is 4.74 Å². The highest BCUT2D eigenvalue weighted by Crippen LogP contribution is 2.29. The number of rotatable bonds is 7. The molecular weight excluding hydrogens is 537 g/mol. The Morgan fingerprint density at radius 1 is 1.03 bits per heavy atom. The number of methoxy groups -OCH3 is 1. The molecule has 1 N–H and O–H groups in total. The Morgan fingerprint density at radius 2 is 1.77 bits per heavy atom. The largest absolute Gasteiger partial charge is 0.497 e. The van der Waals surface area contributed by atoms with Gasteiger partial charge in [0.25, 0.3) is 15.6 Å². The first kappa shape index (κ1) is 26.0. The van der Waals surface area contributed by atoms with E-state index in [0.29, 0.717) is 24.0 Å². The molecule has 3 aromatic heterocycles. The molecule has 0 aliphatic carbocycles. The van der Waals surface area contributed by atoms with Gasteiger partial charge in [0.2, 0.25) is 0 Å². The summed E-state index contributed by atoms with van der Waals surface area (Å²) >= 11 is 0. The van der Waals surface area contributed by atoms with Gasteiger partial charge in [-0.3, -0.25) is 18.9 Å². The average Bonchev–Trinajstić information content (AvgIpc) is 3.50. The number of fused-ring (bicyclic) bond motifs is 1. The van der Waals surface area contributed by atoms with Crippen LogP contribution in [0.5, 0.6) is 5.75 Å². The number of pyridine rings is 1. The first-order valence-corrected chi connectivity index (χ1v) is 12.9. The fourth-order valence-electron chi connectivity index (χ4n) is 4.06. The number of nitrogens with zero attached hydrogens (tertiary/aromatic N) is 5. The molecular formula is C25H21F3N6O4S. The van der Waals surface area contributed by atoms with Crippen molar-refractivity contribution in [3.8, 4) is 11.6 Å².